The van der Waals surface area contributed by atoms with Crippen LogP contribution >= 0.6 is 0 Å². The fraction of sp³-hybridized carbons (Fsp3) is 0.429. The number of carbonyl (C=O) groups excluding carboxylic acids is 1. The third-order valence-electron chi connectivity index (χ3n) is 3.27. The number of carboxylic acids is 1. The molecule has 0 aromatic heterocycles. The lowest BCUT2D eigenvalue weighted by atomic mass is 10.1. The number of carbonyl (C=O) groups is 2. The van der Waals surface area contributed by atoms with Crippen molar-refractivity contribution in [3.8, 4) is 5.75 Å². The van der Waals surface area contributed by atoms with Gasteiger partial charge in [-0.25, -0.2) is 0 Å². The van der Waals surface area contributed by atoms with Crippen molar-refractivity contribution in [3.63, 3.8) is 0 Å². The molecule has 1 aromatic carbocycles. The molecule has 1 saturated carbocycles. The zero-order valence-corrected chi connectivity index (χ0v) is 10.6. The molecule has 0 spiro atoms. The number of rotatable bonds is 7. The zero-order valence-electron chi connectivity index (χ0n) is 10.6. The minimum atomic E-state index is -0.826. The third-order valence-corrected chi connectivity index (χ3v) is 3.27. The van der Waals surface area contributed by atoms with Gasteiger partial charge in [-0.1, -0.05) is 18.2 Å². The second-order valence-corrected chi connectivity index (χ2v) is 4.77. The summed E-state index contributed by atoms with van der Waals surface area (Å²) in [6, 6.07) is 9.25. The van der Waals surface area contributed by atoms with Gasteiger partial charge in [0.15, 0.2) is 0 Å². The van der Waals surface area contributed by atoms with Gasteiger partial charge in [-0.05, 0) is 25.0 Å². The Labute approximate surface area is 111 Å². The quantitative estimate of drug-likeness (QED) is 0.780. The number of aliphatic carboxylic acids is 1. The molecule has 1 amide bonds. The minimum Gasteiger partial charge on any atom is -0.493 e. The van der Waals surface area contributed by atoms with Crippen molar-refractivity contribution in [1.82, 2.24) is 5.32 Å². The van der Waals surface area contributed by atoms with Gasteiger partial charge in [-0.2, -0.15) is 0 Å². The van der Waals surface area contributed by atoms with Crippen LogP contribution in [-0.2, 0) is 9.59 Å². The second-order valence-electron chi connectivity index (χ2n) is 4.77. The van der Waals surface area contributed by atoms with Gasteiger partial charge in [0.2, 0.25) is 5.91 Å². The summed E-state index contributed by atoms with van der Waals surface area (Å²) in [6.07, 6.45) is 1.51. The van der Waals surface area contributed by atoms with Crippen LogP contribution in [0.4, 0.5) is 0 Å². The monoisotopic (exact) mass is 263 g/mol. The van der Waals surface area contributed by atoms with Crippen molar-refractivity contribution < 1.29 is 19.4 Å². The van der Waals surface area contributed by atoms with E-state index in [1.165, 1.54) is 0 Å². The summed E-state index contributed by atoms with van der Waals surface area (Å²) in [5.74, 6) is -0.281. The van der Waals surface area contributed by atoms with Crippen LogP contribution in [0.3, 0.4) is 0 Å². The zero-order chi connectivity index (χ0) is 13.7. The van der Waals surface area contributed by atoms with Gasteiger partial charge in [0.25, 0.3) is 0 Å². The molecule has 2 N–H and O–H groups in total. The lowest BCUT2D eigenvalue weighted by Gasteiger charge is -2.11. The van der Waals surface area contributed by atoms with E-state index in [1.54, 1.807) is 0 Å². The summed E-state index contributed by atoms with van der Waals surface area (Å²) < 4.78 is 5.39. The molecule has 2 rings (SSSR count). The Morgan fingerprint density at radius 1 is 1.26 bits per heavy atom. The fourth-order valence-corrected chi connectivity index (χ4v) is 1.75. The summed E-state index contributed by atoms with van der Waals surface area (Å²) in [7, 11) is 0. The standard InChI is InChI=1S/C14H17NO4/c16-12(15-10-14(7-8-14)13(17)18)6-9-19-11-4-2-1-3-5-11/h1-5H,6-10H2,(H,15,16)(H,17,18). The van der Waals surface area contributed by atoms with Gasteiger partial charge in [0.05, 0.1) is 18.4 Å². The average molecular weight is 263 g/mol. The normalized spacial score (nSPS) is 15.6. The van der Waals surface area contributed by atoms with Crippen molar-refractivity contribution in [2.45, 2.75) is 19.3 Å². The number of hydrogen-bond acceptors (Lipinski definition) is 3. The van der Waals surface area contributed by atoms with Gasteiger partial charge in [0, 0.05) is 6.54 Å². The predicted molar refractivity (Wildman–Crippen MR) is 68.9 cm³/mol. The molecule has 19 heavy (non-hydrogen) atoms. The topological polar surface area (TPSA) is 75.6 Å². The number of ether oxygens (including phenoxy) is 1. The average Bonchev–Trinajstić information content (AvgIpc) is 3.19. The first-order chi connectivity index (χ1) is 9.12. The highest BCUT2D eigenvalue weighted by atomic mass is 16.5. The van der Waals surface area contributed by atoms with E-state index in [-0.39, 0.29) is 25.5 Å². The molecule has 1 aromatic rings. The molecule has 5 heteroatoms. The molecule has 1 fully saturated rings. The van der Waals surface area contributed by atoms with Crippen LogP contribution in [0, 0.1) is 5.41 Å². The van der Waals surface area contributed by atoms with Gasteiger partial charge in [-0.3, -0.25) is 9.59 Å². The summed E-state index contributed by atoms with van der Waals surface area (Å²) in [6.45, 7) is 0.502. The molecule has 0 aliphatic heterocycles. The summed E-state index contributed by atoms with van der Waals surface area (Å²) >= 11 is 0. The van der Waals surface area contributed by atoms with E-state index < -0.39 is 11.4 Å². The Hall–Kier alpha value is -2.04. The van der Waals surface area contributed by atoms with Crippen LogP contribution in [0.1, 0.15) is 19.3 Å². The molecule has 0 heterocycles. The van der Waals surface area contributed by atoms with E-state index in [2.05, 4.69) is 5.32 Å². The number of amides is 1. The predicted octanol–water partition coefficient (Wildman–Crippen LogP) is 1.44. The molecule has 0 saturated heterocycles. The van der Waals surface area contributed by atoms with E-state index in [9.17, 15) is 9.59 Å². The Balaban J connectivity index is 1.64. The van der Waals surface area contributed by atoms with Crippen LogP contribution in [0.15, 0.2) is 30.3 Å². The molecular weight excluding hydrogens is 246 g/mol. The number of hydrogen-bond donors (Lipinski definition) is 2. The smallest absolute Gasteiger partial charge is 0.311 e. The van der Waals surface area contributed by atoms with Crippen LogP contribution in [0.5, 0.6) is 5.75 Å². The molecule has 0 bridgehead atoms. The highest BCUT2D eigenvalue weighted by Gasteiger charge is 2.50. The highest BCUT2D eigenvalue weighted by Crippen LogP contribution is 2.45. The minimum absolute atomic E-state index is 0.177. The lowest BCUT2D eigenvalue weighted by Crippen LogP contribution is -2.34. The highest BCUT2D eigenvalue weighted by molar-refractivity contribution is 5.80. The molecule has 0 atom stereocenters. The number of carboxylic acid groups (broad SMARTS) is 1. The van der Waals surface area contributed by atoms with Crippen molar-refractivity contribution in [2.75, 3.05) is 13.2 Å². The maximum Gasteiger partial charge on any atom is 0.311 e. The van der Waals surface area contributed by atoms with E-state index in [0.29, 0.717) is 12.8 Å². The maximum atomic E-state index is 11.5. The molecule has 0 radical (unpaired) electrons. The first kappa shape index (κ1) is 13.4. The number of para-hydroxylation sites is 1. The first-order valence-electron chi connectivity index (χ1n) is 6.30. The maximum absolute atomic E-state index is 11.5. The van der Waals surface area contributed by atoms with Gasteiger partial charge < -0.3 is 15.2 Å². The number of benzene rings is 1. The largest absolute Gasteiger partial charge is 0.493 e. The molecule has 0 unspecified atom stereocenters. The number of nitrogens with one attached hydrogen (secondary N) is 1. The third kappa shape index (κ3) is 3.71. The van der Waals surface area contributed by atoms with Gasteiger partial charge in [-0.15, -0.1) is 0 Å². The van der Waals surface area contributed by atoms with Crippen LogP contribution in [0.2, 0.25) is 0 Å². The summed E-state index contributed by atoms with van der Waals surface area (Å²) in [5, 5.41) is 11.6. The Morgan fingerprint density at radius 2 is 1.95 bits per heavy atom. The molecular formula is C14H17NO4. The van der Waals surface area contributed by atoms with Crippen molar-refractivity contribution in [1.29, 1.82) is 0 Å². The van der Waals surface area contributed by atoms with E-state index in [1.807, 2.05) is 30.3 Å². The SMILES string of the molecule is O=C(CCOc1ccccc1)NCC1(C(=O)O)CC1. The Bertz CT molecular complexity index is 454. The first-order valence-corrected chi connectivity index (χ1v) is 6.30. The molecule has 102 valence electrons. The van der Waals surface area contributed by atoms with Gasteiger partial charge >= 0.3 is 5.97 Å². The lowest BCUT2D eigenvalue weighted by molar-refractivity contribution is -0.143. The van der Waals surface area contributed by atoms with Crippen LogP contribution in [0.25, 0.3) is 0 Å². The molecule has 1 aliphatic rings. The fourth-order valence-electron chi connectivity index (χ4n) is 1.75. The Morgan fingerprint density at radius 3 is 2.53 bits per heavy atom. The van der Waals surface area contributed by atoms with Crippen LogP contribution in [-0.4, -0.2) is 30.1 Å². The van der Waals surface area contributed by atoms with Crippen molar-refractivity contribution in [3.05, 3.63) is 30.3 Å². The summed E-state index contributed by atoms with van der Waals surface area (Å²) in [5.41, 5.74) is -0.712. The van der Waals surface area contributed by atoms with E-state index >= 15 is 0 Å². The van der Waals surface area contributed by atoms with E-state index in [4.69, 9.17) is 9.84 Å². The Kier molecular flexibility index (Phi) is 4.04. The van der Waals surface area contributed by atoms with Crippen molar-refractivity contribution >= 4 is 11.9 Å². The van der Waals surface area contributed by atoms with Crippen LogP contribution < -0.4 is 10.1 Å². The van der Waals surface area contributed by atoms with E-state index in [0.717, 1.165) is 5.75 Å². The van der Waals surface area contributed by atoms with Crippen molar-refractivity contribution in [2.24, 2.45) is 5.41 Å². The molecule has 5 nitrogen and oxygen atoms in total. The molecule has 1 aliphatic carbocycles. The summed E-state index contributed by atoms with van der Waals surface area (Å²) in [4.78, 5) is 22.5. The van der Waals surface area contributed by atoms with Gasteiger partial charge in [0.1, 0.15) is 5.75 Å². The second kappa shape index (κ2) is 5.73.